The molecule has 5 heteroatoms. The Labute approximate surface area is 90.3 Å². The monoisotopic (exact) mass is 222 g/mol. The molecule has 16 heavy (non-hydrogen) atoms. The first kappa shape index (κ1) is 10.5. The number of imidazole rings is 1. The van der Waals surface area contributed by atoms with Gasteiger partial charge in [0.05, 0.1) is 6.54 Å². The van der Waals surface area contributed by atoms with Crippen LogP contribution >= 0.6 is 0 Å². The molecule has 82 valence electrons. The van der Waals surface area contributed by atoms with Crippen LogP contribution in [0.4, 0.5) is 8.78 Å². The van der Waals surface area contributed by atoms with E-state index in [1.807, 2.05) is 0 Å². The predicted molar refractivity (Wildman–Crippen MR) is 53.1 cm³/mol. The Kier molecular flexibility index (Phi) is 2.76. The van der Waals surface area contributed by atoms with Gasteiger partial charge in [0, 0.05) is 18.0 Å². The largest absolute Gasteiger partial charge is 0.324 e. The Bertz CT molecular complexity index is 522. The molecule has 0 radical (unpaired) electrons. The Morgan fingerprint density at radius 2 is 2.19 bits per heavy atom. The second kappa shape index (κ2) is 4.22. The lowest BCUT2D eigenvalue weighted by atomic mass is 10.2. The first-order chi connectivity index (χ1) is 7.72. The minimum atomic E-state index is -0.898. The van der Waals surface area contributed by atoms with E-state index in [1.165, 1.54) is 29.1 Å². The summed E-state index contributed by atoms with van der Waals surface area (Å²) < 4.78 is 27.7. The third kappa shape index (κ3) is 1.84. The predicted octanol–water partition coefficient (Wildman–Crippen LogP) is 2.02. The van der Waals surface area contributed by atoms with E-state index in [2.05, 4.69) is 4.98 Å². The smallest absolute Gasteiger partial charge is 0.185 e. The third-order valence-corrected chi connectivity index (χ3v) is 2.23. The highest BCUT2D eigenvalue weighted by Crippen LogP contribution is 2.13. The number of aldehydes is 1. The van der Waals surface area contributed by atoms with Gasteiger partial charge < -0.3 is 4.57 Å². The number of carbonyl (C=O) groups excluding carboxylic acids is 1. The van der Waals surface area contributed by atoms with Crippen LogP contribution in [0.5, 0.6) is 0 Å². The van der Waals surface area contributed by atoms with Crippen molar-refractivity contribution in [1.29, 1.82) is 0 Å². The highest BCUT2D eigenvalue weighted by molar-refractivity contribution is 5.69. The van der Waals surface area contributed by atoms with Crippen LogP contribution in [-0.2, 0) is 6.54 Å². The maximum absolute atomic E-state index is 13.3. The number of benzene rings is 1. The van der Waals surface area contributed by atoms with Crippen molar-refractivity contribution in [2.75, 3.05) is 0 Å². The first-order valence-electron chi connectivity index (χ1n) is 4.61. The lowest BCUT2D eigenvalue weighted by Gasteiger charge is -2.05. The molecule has 1 aromatic carbocycles. The van der Waals surface area contributed by atoms with Crippen molar-refractivity contribution in [3.05, 3.63) is 53.6 Å². The number of carbonyl (C=O) groups is 1. The lowest BCUT2D eigenvalue weighted by molar-refractivity contribution is 0.111. The van der Waals surface area contributed by atoms with Crippen LogP contribution in [0, 0.1) is 11.6 Å². The van der Waals surface area contributed by atoms with Crippen molar-refractivity contribution in [1.82, 2.24) is 9.55 Å². The average Bonchev–Trinajstić information content (AvgIpc) is 2.72. The van der Waals surface area contributed by atoms with E-state index in [0.29, 0.717) is 6.29 Å². The molecule has 0 N–H and O–H groups in total. The Balaban J connectivity index is 2.34. The maximum atomic E-state index is 13.3. The second-order valence-electron chi connectivity index (χ2n) is 3.24. The van der Waals surface area contributed by atoms with Gasteiger partial charge in [-0.15, -0.1) is 0 Å². The summed E-state index contributed by atoms with van der Waals surface area (Å²) in [5.74, 6) is -1.61. The summed E-state index contributed by atoms with van der Waals surface area (Å²) in [7, 11) is 0. The van der Waals surface area contributed by atoms with Gasteiger partial charge in [0.15, 0.2) is 23.7 Å². The van der Waals surface area contributed by atoms with Crippen LogP contribution in [0.25, 0.3) is 0 Å². The van der Waals surface area contributed by atoms with E-state index >= 15 is 0 Å². The lowest BCUT2D eigenvalue weighted by Crippen LogP contribution is -2.06. The van der Waals surface area contributed by atoms with Crippen molar-refractivity contribution >= 4 is 6.29 Å². The number of hydrogen-bond acceptors (Lipinski definition) is 2. The molecule has 0 fully saturated rings. The van der Waals surface area contributed by atoms with E-state index in [0.717, 1.165) is 6.07 Å². The number of rotatable bonds is 3. The molecule has 0 spiro atoms. The Morgan fingerprint density at radius 3 is 2.94 bits per heavy atom. The molecule has 3 nitrogen and oxygen atoms in total. The zero-order chi connectivity index (χ0) is 11.5. The topological polar surface area (TPSA) is 34.9 Å². The summed E-state index contributed by atoms with van der Waals surface area (Å²) >= 11 is 0. The number of halogens is 2. The summed E-state index contributed by atoms with van der Waals surface area (Å²) in [6.45, 7) is 0.0810. The van der Waals surface area contributed by atoms with Gasteiger partial charge in [0.2, 0.25) is 0 Å². The highest BCUT2D eigenvalue weighted by atomic mass is 19.2. The maximum Gasteiger partial charge on any atom is 0.185 e. The summed E-state index contributed by atoms with van der Waals surface area (Å²) in [5, 5.41) is 0. The number of aromatic nitrogens is 2. The van der Waals surface area contributed by atoms with Crippen molar-refractivity contribution in [2.45, 2.75) is 6.54 Å². The van der Waals surface area contributed by atoms with Crippen molar-refractivity contribution in [3.8, 4) is 0 Å². The van der Waals surface area contributed by atoms with Gasteiger partial charge in [-0.05, 0) is 6.07 Å². The van der Waals surface area contributed by atoms with Crippen LogP contribution in [0.2, 0.25) is 0 Å². The van der Waals surface area contributed by atoms with Crippen LogP contribution in [-0.4, -0.2) is 15.8 Å². The molecular weight excluding hydrogens is 214 g/mol. The molecule has 0 unspecified atom stereocenters. The molecule has 0 saturated heterocycles. The molecule has 1 aromatic heterocycles. The summed E-state index contributed by atoms with van der Waals surface area (Å²) in [6.07, 6.45) is 3.53. The van der Waals surface area contributed by atoms with Crippen LogP contribution < -0.4 is 0 Å². The molecule has 2 aromatic rings. The molecule has 0 aliphatic heterocycles. The fraction of sp³-hybridized carbons (Fsp3) is 0.0909. The minimum Gasteiger partial charge on any atom is -0.324 e. The fourth-order valence-electron chi connectivity index (χ4n) is 1.43. The zero-order valence-electron chi connectivity index (χ0n) is 8.23. The van der Waals surface area contributed by atoms with E-state index in [-0.39, 0.29) is 17.9 Å². The van der Waals surface area contributed by atoms with Crippen LogP contribution in [0.1, 0.15) is 16.2 Å². The van der Waals surface area contributed by atoms with Gasteiger partial charge in [0.1, 0.15) is 0 Å². The summed E-state index contributed by atoms with van der Waals surface area (Å²) in [4.78, 5) is 14.3. The molecule has 0 atom stereocenters. The molecule has 0 aliphatic rings. The van der Waals surface area contributed by atoms with E-state index in [9.17, 15) is 13.6 Å². The Hall–Kier alpha value is -2.04. The normalized spacial score (nSPS) is 10.4. The number of nitrogens with zero attached hydrogens (tertiary/aromatic N) is 2. The van der Waals surface area contributed by atoms with E-state index in [1.54, 1.807) is 0 Å². The summed E-state index contributed by atoms with van der Waals surface area (Å²) in [5.41, 5.74) is 0.182. The highest BCUT2D eigenvalue weighted by Gasteiger charge is 2.09. The molecule has 0 bridgehead atoms. The quantitative estimate of drug-likeness (QED) is 0.744. The number of hydrogen-bond donors (Lipinski definition) is 0. The van der Waals surface area contributed by atoms with Crippen molar-refractivity contribution < 1.29 is 13.6 Å². The second-order valence-corrected chi connectivity index (χ2v) is 3.24. The SMILES string of the molecule is O=Cc1nccn1Cc1cccc(F)c1F. The van der Waals surface area contributed by atoms with E-state index in [4.69, 9.17) is 0 Å². The van der Waals surface area contributed by atoms with Gasteiger partial charge in [-0.2, -0.15) is 0 Å². The summed E-state index contributed by atoms with van der Waals surface area (Å²) in [6, 6.07) is 3.94. The molecular formula is C11H8F2N2O. The fourth-order valence-corrected chi connectivity index (χ4v) is 1.43. The zero-order valence-corrected chi connectivity index (χ0v) is 8.23. The standard InChI is InChI=1S/C11H8F2N2O/c12-9-3-1-2-8(11(9)13)6-15-5-4-14-10(15)7-16/h1-5,7H,6H2. The third-order valence-electron chi connectivity index (χ3n) is 2.23. The van der Waals surface area contributed by atoms with Crippen molar-refractivity contribution in [3.63, 3.8) is 0 Å². The van der Waals surface area contributed by atoms with Gasteiger partial charge in [0.25, 0.3) is 0 Å². The molecule has 0 amide bonds. The molecule has 2 rings (SSSR count). The van der Waals surface area contributed by atoms with Gasteiger partial charge in [-0.3, -0.25) is 4.79 Å². The molecule has 0 saturated carbocycles. The van der Waals surface area contributed by atoms with Gasteiger partial charge in [-0.25, -0.2) is 13.8 Å². The Morgan fingerprint density at radius 1 is 1.38 bits per heavy atom. The van der Waals surface area contributed by atoms with Crippen molar-refractivity contribution in [2.24, 2.45) is 0 Å². The van der Waals surface area contributed by atoms with Gasteiger partial charge in [-0.1, -0.05) is 12.1 Å². The average molecular weight is 222 g/mol. The molecule has 1 heterocycles. The van der Waals surface area contributed by atoms with Crippen LogP contribution in [0.3, 0.4) is 0 Å². The molecule has 0 aliphatic carbocycles. The van der Waals surface area contributed by atoms with Crippen LogP contribution in [0.15, 0.2) is 30.6 Å². The van der Waals surface area contributed by atoms with E-state index < -0.39 is 11.6 Å². The minimum absolute atomic E-state index is 0.0810. The van der Waals surface area contributed by atoms with Gasteiger partial charge >= 0.3 is 0 Å². The first-order valence-corrected chi connectivity index (χ1v) is 4.61.